The molecule has 0 saturated carbocycles. The zero-order chi connectivity index (χ0) is 19.0. The highest BCUT2D eigenvalue weighted by molar-refractivity contribution is 7.09. The Morgan fingerprint density at radius 2 is 2.07 bits per heavy atom. The minimum atomic E-state index is -0.705. The second-order valence-electron chi connectivity index (χ2n) is 6.65. The summed E-state index contributed by atoms with van der Waals surface area (Å²) in [6.07, 6.45) is 0.470. The van der Waals surface area contributed by atoms with Gasteiger partial charge < -0.3 is 15.1 Å². The van der Waals surface area contributed by atoms with Crippen molar-refractivity contribution in [3.63, 3.8) is 0 Å². The van der Waals surface area contributed by atoms with E-state index in [-0.39, 0.29) is 29.8 Å². The van der Waals surface area contributed by atoms with Crippen molar-refractivity contribution in [3.8, 4) is 0 Å². The molecule has 2 aromatic rings. The maximum absolute atomic E-state index is 13.4. The molecule has 27 heavy (non-hydrogen) atoms. The van der Waals surface area contributed by atoms with Gasteiger partial charge in [0.15, 0.2) is 0 Å². The van der Waals surface area contributed by atoms with Crippen LogP contribution in [0.15, 0.2) is 41.8 Å². The van der Waals surface area contributed by atoms with Gasteiger partial charge in [-0.1, -0.05) is 12.1 Å². The Morgan fingerprint density at radius 3 is 2.81 bits per heavy atom. The van der Waals surface area contributed by atoms with Crippen molar-refractivity contribution in [1.29, 1.82) is 0 Å². The predicted molar refractivity (Wildman–Crippen MR) is 97.8 cm³/mol. The van der Waals surface area contributed by atoms with Crippen LogP contribution in [0.4, 0.5) is 4.39 Å². The number of benzene rings is 1. The van der Waals surface area contributed by atoms with Crippen LogP contribution in [0, 0.1) is 5.82 Å². The molecule has 2 aliphatic rings. The molecule has 140 valence electrons. The molecule has 8 heteroatoms. The van der Waals surface area contributed by atoms with Gasteiger partial charge in [-0.15, -0.1) is 11.3 Å². The zero-order valence-electron chi connectivity index (χ0n) is 14.4. The normalized spacial score (nSPS) is 22.4. The van der Waals surface area contributed by atoms with E-state index in [1.807, 2.05) is 17.5 Å². The van der Waals surface area contributed by atoms with Gasteiger partial charge >= 0.3 is 0 Å². The van der Waals surface area contributed by atoms with E-state index in [1.165, 1.54) is 23.1 Å². The fourth-order valence-electron chi connectivity index (χ4n) is 3.56. The molecule has 2 saturated heterocycles. The van der Waals surface area contributed by atoms with E-state index < -0.39 is 17.9 Å². The van der Waals surface area contributed by atoms with Crippen LogP contribution in [-0.4, -0.2) is 59.2 Å². The van der Waals surface area contributed by atoms with Crippen LogP contribution in [0.1, 0.15) is 15.2 Å². The molecule has 3 amide bonds. The van der Waals surface area contributed by atoms with Crippen molar-refractivity contribution in [1.82, 2.24) is 15.1 Å². The fraction of sp³-hybridized carbons (Fsp3) is 0.316. The molecule has 3 heterocycles. The molecule has 2 fully saturated rings. The third-order valence-corrected chi connectivity index (χ3v) is 5.82. The highest BCUT2D eigenvalue weighted by Gasteiger charge is 2.44. The molecule has 4 rings (SSSR count). The summed E-state index contributed by atoms with van der Waals surface area (Å²) in [5.41, 5.74) is 0.238. The third-order valence-electron chi connectivity index (χ3n) is 4.92. The number of nitrogens with zero attached hydrogens (tertiary/aromatic N) is 2. The van der Waals surface area contributed by atoms with E-state index in [2.05, 4.69) is 5.32 Å². The van der Waals surface area contributed by atoms with E-state index in [0.717, 1.165) is 4.88 Å². The Hall–Kier alpha value is -2.74. The van der Waals surface area contributed by atoms with Gasteiger partial charge in [-0.2, -0.15) is 0 Å². The molecular formula is C19H18FN3O3S. The number of thiophene rings is 1. The lowest BCUT2D eigenvalue weighted by molar-refractivity contribution is -0.152. The van der Waals surface area contributed by atoms with Crippen LogP contribution in [0.25, 0.3) is 0 Å². The summed E-state index contributed by atoms with van der Waals surface area (Å²) in [7, 11) is 0. The Balaban J connectivity index is 1.47. The summed E-state index contributed by atoms with van der Waals surface area (Å²) < 4.78 is 13.4. The molecule has 0 spiro atoms. The number of hydrogen-bond acceptors (Lipinski definition) is 4. The molecule has 0 aliphatic carbocycles. The van der Waals surface area contributed by atoms with Crippen LogP contribution in [0.2, 0.25) is 0 Å². The lowest BCUT2D eigenvalue weighted by atomic mass is 10.0. The van der Waals surface area contributed by atoms with Crippen molar-refractivity contribution in [2.24, 2.45) is 0 Å². The SMILES string of the molecule is O=C1N[C@@H](Cc2cccs2)C(=O)N2CCN(C(=O)c3cccc(F)c3)C[C@H]12. The van der Waals surface area contributed by atoms with Crippen LogP contribution >= 0.6 is 11.3 Å². The van der Waals surface area contributed by atoms with E-state index in [0.29, 0.717) is 19.5 Å². The first-order chi connectivity index (χ1) is 13.0. The minimum Gasteiger partial charge on any atom is -0.342 e. The smallest absolute Gasteiger partial charge is 0.254 e. The second-order valence-corrected chi connectivity index (χ2v) is 7.69. The molecular weight excluding hydrogens is 369 g/mol. The lowest BCUT2D eigenvalue weighted by Gasteiger charge is -2.45. The van der Waals surface area contributed by atoms with Gasteiger partial charge in [0.2, 0.25) is 11.8 Å². The number of amides is 3. The van der Waals surface area contributed by atoms with Crippen LogP contribution in [0.3, 0.4) is 0 Å². The number of carbonyl (C=O) groups is 3. The molecule has 0 unspecified atom stereocenters. The highest BCUT2D eigenvalue weighted by atomic mass is 32.1. The largest absolute Gasteiger partial charge is 0.342 e. The standard InChI is InChI=1S/C19H18FN3O3S/c20-13-4-1-3-12(9-13)18(25)22-6-7-23-16(11-22)17(24)21-15(19(23)26)10-14-5-2-8-27-14/h1-5,8-9,15-16H,6-7,10-11H2,(H,21,24)/t15-,16+/m0/s1. The quantitative estimate of drug-likeness (QED) is 0.863. The van der Waals surface area contributed by atoms with Crippen molar-refractivity contribution >= 4 is 29.1 Å². The average molecular weight is 387 g/mol. The van der Waals surface area contributed by atoms with Gasteiger partial charge in [0, 0.05) is 30.0 Å². The van der Waals surface area contributed by atoms with Crippen molar-refractivity contribution in [3.05, 3.63) is 58.0 Å². The van der Waals surface area contributed by atoms with E-state index in [9.17, 15) is 18.8 Å². The highest BCUT2D eigenvalue weighted by Crippen LogP contribution is 2.21. The van der Waals surface area contributed by atoms with E-state index in [1.54, 1.807) is 22.3 Å². The molecule has 0 radical (unpaired) electrons. The summed E-state index contributed by atoms with van der Waals surface area (Å²) in [4.78, 5) is 42.1. The Labute approximate surface area is 159 Å². The van der Waals surface area contributed by atoms with Crippen molar-refractivity contribution in [2.45, 2.75) is 18.5 Å². The van der Waals surface area contributed by atoms with Crippen LogP contribution < -0.4 is 5.32 Å². The number of fused-ring (bicyclic) bond motifs is 1. The minimum absolute atomic E-state index is 0.110. The van der Waals surface area contributed by atoms with Crippen molar-refractivity contribution in [2.75, 3.05) is 19.6 Å². The molecule has 1 N–H and O–H groups in total. The monoisotopic (exact) mass is 387 g/mol. The number of rotatable bonds is 3. The van der Waals surface area contributed by atoms with Crippen LogP contribution in [0.5, 0.6) is 0 Å². The molecule has 1 aromatic carbocycles. The zero-order valence-corrected chi connectivity index (χ0v) is 15.2. The van der Waals surface area contributed by atoms with Crippen molar-refractivity contribution < 1.29 is 18.8 Å². The Kier molecular flexibility index (Phi) is 4.65. The number of carbonyl (C=O) groups excluding carboxylic acids is 3. The summed E-state index contributed by atoms with van der Waals surface area (Å²) in [6.45, 7) is 0.716. The first kappa shape index (κ1) is 17.7. The first-order valence-corrected chi connectivity index (χ1v) is 9.59. The summed E-state index contributed by atoms with van der Waals surface area (Å²) >= 11 is 1.55. The molecule has 2 atom stereocenters. The average Bonchev–Trinajstić information content (AvgIpc) is 3.18. The maximum Gasteiger partial charge on any atom is 0.254 e. The Bertz CT molecular complexity index is 886. The summed E-state index contributed by atoms with van der Waals surface area (Å²) in [5.74, 6) is -1.20. The number of hydrogen-bond donors (Lipinski definition) is 1. The summed E-state index contributed by atoms with van der Waals surface area (Å²) in [5, 5.41) is 4.73. The molecule has 0 bridgehead atoms. The van der Waals surface area contributed by atoms with E-state index >= 15 is 0 Å². The van der Waals surface area contributed by atoms with Crippen LogP contribution in [-0.2, 0) is 16.0 Å². The summed E-state index contributed by atoms with van der Waals surface area (Å²) in [6, 6.07) is 8.04. The number of halogens is 1. The van der Waals surface area contributed by atoms with Gasteiger partial charge in [0.25, 0.3) is 5.91 Å². The number of nitrogens with one attached hydrogen (secondary N) is 1. The van der Waals surface area contributed by atoms with Gasteiger partial charge in [0.05, 0.1) is 6.54 Å². The molecule has 1 aromatic heterocycles. The molecule has 2 aliphatic heterocycles. The van der Waals surface area contributed by atoms with Gasteiger partial charge in [-0.3, -0.25) is 14.4 Å². The fourth-order valence-corrected chi connectivity index (χ4v) is 4.31. The lowest BCUT2D eigenvalue weighted by Crippen LogP contribution is -2.70. The maximum atomic E-state index is 13.4. The Morgan fingerprint density at radius 1 is 1.22 bits per heavy atom. The predicted octanol–water partition coefficient (Wildman–Crippen LogP) is 1.28. The first-order valence-electron chi connectivity index (χ1n) is 8.71. The van der Waals surface area contributed by atoms with Gasteiger partial charge in [-0.05, 0) is 29.6 Å². The van der Waals surface area contributed by atoms with Gasteiger partial charge in [0.1, 0.15) is 17.9 Å². The third kappa shape index (κ3) is 3.44. The number of piperazine rings is 2. The molecule has 6 nitrogen and oxygen atoms in total. The topological polar surface area (TPSA) is 69.7 Å². The second kappa shape index (κ2) is 7.11. The van der Waals surface area contributed by atoms with E-state index in [4.69, 9.17) is 0 Å². The van der Waals surface area contributed by atoms with Gasteiger partial charge in [-0.25, -0.2) is 4.39 Å².